The first-order valence-corrected chi connectivity index (χ1v) is 8.52. The number of halogens is 1. The van der Waals surface area contributed by atoms with Gasteiger partial charge in [-0.05, 0) is 49.4 Å². The predicted octanol–water partition coefficient (Wildman–Crippen LogP) is 3.22. The molecule has 7 heteroatoms. The van der Waals surface area contributed by atoms with Crippen molar-refractivity contribution >= 4 is 17.5 Å². The van der Waals surface area contributed by atoms with Crippen LogP contribution >= 0.6 is 11.6 Å². The molecular formula is C20H16ClN3O3. The maximum atomic E-state index is 12.3. The molecule has 1 amide bonds. The minimum atomic E-state index is -0.826. The standard InChI is InChI=1S/C20H16ClN3O3/c1-2-4-13-5-3-6-15(11-13)19-23-24-20(27-19)17(12-25)22-18(26)14-7-9-16(21)10-8-14/h3,5-11,17,25H,12H2,1H3,(H,22,26)/t17-/m1/s1. The van der Waals surface area contributed by atoms with Gasteiger partial charge in [0.15, 0.2) is 0 Å². The van der Waals surface area contributed by atoms with E-state index < -0.39 is 6.04 Å². The van der Waals surface area contributed by atoms with E-state index in [0.717, 1.165) is 5.56 Å². The molecule has 1 atom stereocenters. The lowest BCUT2D eigenvalue weighted by atomic mass is 10.1. The van der Waals surface area contributed by atoms with Gasteiger partial charge in [-0.1, -0.05) is 23.6 Å². The summed E-state index contributed by atoms with van der Waals surface area (Å²) in [5.41, 5.74) is 1.93. The molecule has 0 bridgehead atoms. The number of hydrogen-bond acceptors (Lipinski definition) is 5. The first-order valence-electron chi connectivity index (χ1n) is 8.14. The Morgan fingerprint density at radius 3 is 2.74 bits per heavy atom. The molecule has 0 saturated heterocycles. The molecule has 0 fully saturated rings. The van der Waals surface area contributed by atoms with Gasteiger partial charge >= 0.3 is 0 Å². The fourth-order valence-corrected chi connectivity index (χ4v) is 2.52. The van der Waals surface area contributed by atoms with Crippen LogP contribution in [0, 0.1) is 11.8 Å². The van der Waals surface area contributed by atoms with Crippen molar-refractivity contribution in [1.29, 1.82) is 0 Å². The summed E-state index contributed by atoms with van der Waals surface area (Å²) < 4.78 is 5.65. The maximum Gasteiger partial charge on any atom is 0.251 e. The van der Waals surface area contributed by atoms with Gasteiger partial charge in [0.25, 0.3) is 5.91 Å². The van der Waals surface area contributed by atoms with Crippen molar-refractivity contribution in [2.45, 2.75) is 13.0 Å². The van der Waals surface area contributed by atoms with E-state index in [1.54, 1.807) is 31.2 Å². The van der Waals surface area contributed by atoms with Gasteiger partial charge in [-0.3, -0.25) is 4.79 Å². The summed E-state index contributed by atoms with van der Waals surface area (Å²) in [6.07, 6.45) is 0. The number of benzene rings is 2. The van der Waals surface area contributed by atoms with E-state index >= 15 is 0 Å². The van der Waals surface area contributed by atoms with E-state index in [9.17, 15) is 9.90 Å². The quantitative estimate of drug-likeness (QED) is 0.662. The lowest BCUT2D eigenvalue weighted by molar-refractivity contribution is 0.0905. The minimum absolute atomic E-state index is 0.113. The number of aliphatic hydroxyl groups excluding tert-OH is 1. The highest BCUT2D eigenvalue weighted by Gasteiger charge is 2.21. The van der Waals surface area contributed by atoms with Crippen LogP contribution in [-0.2, 0) is 0 Å². The van der Waals surface area contributed by atoms with Crippen LogP contribution in [0.15, 0.2) is 52.9 Å². The summed E-state index contributed by atoms with van der Waals surface area (Å²) in [6, 6.07) is 12.9. The normalized spacial score (nSPS) is 11.4. The largest absolute Gasteiger partial charge is 0.418 e. The number of carbonyl (C=O) groups excluding carboxylic acids is 1. The van der Waals surface area contributed by atoms with Crippen LogP contribution in [0.3, 0.4) is 0 Å². The number of amides is 1. The second kappa shape index (κ2) is 8.49. The summed E-state index contributed by atoms with van der Waals surface area (Å²) in [6.45, 7) is 1.37. The Kier molecular flexibility index (Phi) is 5.87. The lowest BCUT2D eigenvalue weighted by Gasteiger charge is -2.12. The van der Waals surface area contributed by atoms with E-state index in [2.05, 4.69) is 27.4 Å². The number of nitrogens with zero attached hydrogens (tertiary/aromatic N) is 2. The molecule has 6 nitrogen and oxygen atoms in total. The van der Waals surface area contributed by atoms with Crippen molar-refractivity contribution in [3.05, 3.63) is 70.6 Å². The third kappa shape index (κ3) is 4.53. The third-order valence-corrected chi connectivity index (χ3v) is 3.96. The molecule has 1 heterocycles. The number of aliphatic hydroxyl groups is 1. The van der Waals surface area contributed by atoms with Gasteiger partial charge in [-0.15, -0.1) is 16.1 Å². The summed E-state index contributed by atoms with van der Waals surface area (Å²) in [4.78, 5) is 12.3. The SMILES string of the molecule is CC#Cc1cccc(-c2nnc([C@@H](CO)NC(=O)c3ccc(Cl)cc3)o2)c1. The summed E-state index contributed by atoms with van der Waals surface area (Å²) in [5.74, 6) is 5.80. The van der Waals surface area contributed by atoms with Crippen LogP contribution in [0.25, 0.3) is 11.5 Å². The van der Waals surface area contributed by atoms with Crippen molar-refractivity contribution in [2.75, 3.05) is 6.61 Å². The molecular weight excluding hydrogens is 366 g/mol. The lowest BCUT2D eigenvalue weighted by Crippen LogP contribution is -2.31. The second-order valence-electron chi connectivity index (χ2n) is 5.62. The smallest absolute Gasteiger partial charge is 0.251 e. The third-order valence-electron chi connectivity index (χ3n) is 3.71. The number of rotatable bonds is 5. The van der Waals surface area contributed by atoms with E-state index in [4.69, 9.17) is 16.0 Å². The zero-order chi connectivity index (χ0) is 19.2. The Bertz CT molecular complexity index is 1000. The van der Waals surface area contributed by atoms with E-state index in [1.165, 1.54) is 0 Å². The summed E-state index contributed by atoms with van der Waals surface area (Å²) in [7, 11) is 0. The van der Waals surface area contributed by atoms with E-state index in [0.29, 0.717) is 16.1 Å². The Labute approximate surface area is 161 Å². The maximum absolute atomic E-state index is 12.3. The number of carbonyl (C=O) groups is 1. The molecule has 0 saturated carbocycles. The van der Waals surface area contributed by atoms with Gasteiger partial charge in [0.05, 0.1) is 6.61 Å². The van der Waals surface area contributed by atoms with Gasteiger partial charge < -0.3 is 14.8 Å². The molecule has 2 N–H and O–H groups in total. The molecule has 0 aliphatic heterocycles. The monoisotopic (exact) mass is 381 g/mol. The molecule has 0 spiro atoms. The van der Waals surface area contributed by atoms with Crippen molar-refractivity contribution in [2.24, 2.45) is 0 Å². The molecule has 2 aromatic carbocycles. The van der Waals surface area contributed by atoms with Crippen LogP contribution in [0.2, 0.25) is 5.02 Å². The fraction of sp³-hybridized carbons (Fsp3) is 0.150. The highest BCUT2D eigenvalue weighted by atomic mass is 35.5. The van der Waals surface area contributed by atoms with E-state index in [-0.39, 0.29) is 24.3 Å². The Balaban J connectivity index is 1.78. The van der Waals surface area contributed by atoms with Crippen molar-refractivity contribution in [1.82, 2.24) is 15.5 Å². The molecule has 0 unspecified atom stereocenters. The molecule has 27 heavy (non-hydrogen) atoms. The fourth-order valence-electron chi connectivity index (χ4n) is 2.39. The summed E-state index contributed by atoms with van der Waals surface area (Å²) >= 11 is 5.82. The Hall–Kier alpha value is -3.14. The van der Waals surface area contributed by atoms with Crippen LogP contribution in [0.1, 0.15) is 34.8 Å². The topological polar surface area (TPSA) is 88.3 Å². The van der Waals surface area contributed by atoms with Gasteiger partial charge in [-0.2, -0.15) is 0 Å². The highest BCUT2D eigenvalue weighted by Crippen LogP contribution is 2.22. The van der Waals surface area contributed by atoms with Gasteiger partial charge in [0.2, 0.25) is 11.8 Å². The van der Waals surface area contributed by atoms with Crippen LogP contribution in [-0.4, -0.2) is 27.8 Å². The average molecular weight is 382 g/mol. The summed E-state index contributed by atoms with van der Waals surface area (Å²) in [5, 5.41) is 20.8. The number of nitrogens with one attached hydrogen (secondary N) is 1. The molecule has 0 aliphatic rings. The molecule has 1 aromatic heterocycles. The zero-order valence-electron chi connectivity index (χ0n) is 14.4. The molecule has 0 radical (unpaired) electrons. The molecule has 136 valence electrons. The Morgan fingerprint density at radius 2 is 2.04 bits per heavy atom. The average Bonchev–Trinajstić information content (AvgIpc) is 3.17. The first kappa shape index (κ1) is 18.6. The molecule has 3 rings (SSSR count). The van der Waals surface area contributed by atoms with Crippen molar-refractivity contribution in [3.63, 3.8) is 0 Å². The van der Waals surface area contributed by atoms with Gasteiger partial charge in [-0.25, -0.2) is 0 Å². The highest BCUT2D eigenvalue weighted by molar-refractivity contribution is 6.30. The number of aromatic nitrogens is 2. The Morgan fingerprint density at radius 1 is 1.26 bits per heavy atom. The number of hydrogen-bond donors (Lipinski definition) is 2. The van der Waals surface area contributed by atoms with Crippen LogP contribution in [0.5, 0.6) is 0 Å². The van der Waals surface area contributed by atoms with Gasteiger partial charge in [0.1, 0.15) is 6.04 Å². The van der Waals surface area contributed by atoms with Gasteiger partial charge in [0, 0.05) is 21.7 Å². The van der Waals surface area contributed by atoms with Crippen LogP contribution in [0.4, 0.5) is 0 Å². The zero-order valence-corrected chi connectivity index (χ0v) is 15.2. The van der Waals surface area contributed by atoms with Crippen molar-refractivity contribution in [3.8, 4) is 23.3 Å². The second-order valence-corrected chi connectivity index (χ2v) is 6.05. The van der Waals surface area contributed by atoms with Crippen molar-refractivity contribution < 1.29 is 14.3 Å². The van der Waals surface area contributed by atoms with Crippen LogP contribution < -0.4 is 5.32 Å². The van der Waals surface area contributed by atoms with E-state index in [1.807, 2.05) is 24.3 Å². The first-order chi connectivity index (χ1) is 13.1. The minimum Gasteiger partial charge on any atom is -0.418 e. The predicted molar refractivity (Wildman–Crippen MR) is 101 cm³/mol. The molecule has 0 aliphatic carbocycles. The molecule has 3 aromatic rings.